The zero-order valence-corrected chi connectivity index (χ0v) is 22.5. The summed E-state index contributed by atoms with van der Waals surface area (Å²) in [4.78, 5) is 24.2. The highest BCUT2D eigenvalue weighted by Crippen LogP contribution is 2.28. The lowest BCUT2D eigenvalue weighted by molar-refractivity contribution is -0.174. The third-order valence-corrected chi connectivity index (χ3v) is 6.71. The fourth-order valence-electron chi connectivity index (χ4n) is 4.25. The van der Waals surface area contributed by atoms with E-state index in [1.54, 1.807) is 0 Å². The van der Waals surface area contributed by atoms with Crippen LogP contribution in [0.3, 0.4) is 0 Å². The van der Waals surface area contributed by atoms with E-state index in [2.05, 4.69) is 20.8 Å². The van der Waals surface area contributed by atoms with E-state index in [0.29, 0.717) is 32.0 Å². The van der Waals surface area contributed by atoms with Crippen LogP contribution in [0.25, 0.3) is 0 Å². The Hall–Kier alpha value is -1.14. The van der Waals surface area contributed by atoms with Gasteiger partial charge in [-0.2, -0.15) is 0 Å². The summed E-state index contributed by atoms with van der Waals surface area (Å²) in [6.45, 7) is 9.44. The van der Waals surface area contributed by atoms with Gasteiger partial charge in [0.25, 0.3) is 0 Å². The van der Waals surface area contributed by atoms with Gasteiger partial charge in [-0.05, 0) is 25.7 Å². The molecule has 0 radical (unpaired) electrons. The molecule has 34 heavy (non-hydrogen) atoms. The van der Waals surface area contributed by atoms with Gasteiger partial charge < -0.3 is 18.9 Å². The Kier molecular flexibility index (Phi) is 17.4. The molecule has 0 amide bonds. The largest absolute Gasteiger partial charge is 0.465 e. The van der Waals surface area contributed by atoms with Crippen molar-refractivity contribution < 1.29 is 28.5 Å². The zero-order chi connectivity index (χ0) is 25.1. The molecule has 0 aliphatic carbocycles. The van der Waals surface area contributed by atoms with Gasteiger partial charge in [-0.25, -0.2) is 0 Å². The summed E-state index contributed by atoms with van der Waals surface area (Å²) < 4.78 is 22.6. The molecule has 3 unspecified atom stereocenters. The number of hydrogen-bond acceptors (Lipinski definition) is 6. The number of esters is 2. The van der Waals surface area contributed by atoms with Crippen molar-refractivity contribution in [3.05, 3.63) is 0 Å². The second-order valence-corrected chi connectivity index (χ2v) is 10.0. The molecule has 1 heterocycles. The first kappa shape index (κ1) is 30.9. The molecule has 6 heteroatoms. The van der Waals surface area contributed by atoms with Crippen molar-refractivity contribution in [3.63, 3.8) is 0 Å². The summed E-state index contributed by atoms with van der Waals surface area (Å²) >= 11 is 0. The van der Waals surface area contributed by atoms with E-state index < -0.39 is 5.79 Å². The van der Waals surface area contributed by atoms with Gasteiger partial charge in [0.1, 0.15) is 12.7 Å². The Labute approximate surface area is 208 Å². The molecule has 3 atom stereocenters. The van der Waals surface area contributed by atoms with Gasteiger partial charge in [0.2, 0.25) is 0 Å². The minimum atomic E-state index is -0.834. The van der Waals surface area contributed by atoms with Gasteiger partial charge in [-0.1, -0.05) is 91.4 Å². The number of rotatable bonds is 21. The molecule has 0 spiro atoms. The molecule has 1 aliphatic rings. The highest BCUT2D eigenvalue weighted by molar-refractivity contribution is 5.69. The summed E-state index contributed by atoms with van der Waals surface area (Å²) in [5, 5.41) is 0. The van der Waals surface area contributed by atoms with Crippen LogP contribution in [0.5, 0.6) is 0 Å². The minimum absolute atomic E-state index is 0.169. The topological polar surface area (TPSA) is 71.1 Å². The van der Waals surface area contributed by atoms with Crippen molar-refractivity contribution >= 4 is 11.9 Å². The average Bonchev–Trinajstić information content (AvgIpc) is 3.21. The molecule has 0 bridgehead atoms. The lowest BCUT2D eigenvalue weighted by Crippen LogP contribution is -2.29. The fourth-order valence-corrected chi connectivity index (χ4v) is 4.25. The molecule has 0 aromatic rings. The standard InChI is InChI=1S/C28H52O6/c1-5-8-10-11-12-13-14-15-16-18-26(29)32-22-25-23-33-28(4,34-25)20-19-27(30)31-21-24(7-3)17-9-6-2/h24-25H,5-23H2,1-4H3. The van der Waals surface area contributed by atoms with Gasteiger partial charge in [0.05, 0.1) is 19.6 Å². The molecule has 0 N–H and O–H groups in total. The van der Waals surface area contributed by atoms with Gasteiger partial charge in [-0.3, -0.25) is 9.59 Å². The van der Waals surface area contributed by atoms with Gasteiger partial charge in [0.15, 0.2) is 5.79 Å². The van der Waals surface area contributed by atoms with Gasteiger partial charge in [0, 0.05) is 12.8 Å². The Morgan fingerprint density at radius 2 is 1.47 bits per heavy atom. The molecule has 6 nitrogen and oxygen atoms in total. The first-order valence-corrected chi connectivity index (χ1v) is 14.0. The highest BCUT2D eigenvalue weighted by Gasteiger charge is 2.38. The zero-order valence-electron chi connectivity index (χ0n) is 22.5. The first-order valence-electron chi connectivity index (χ1n) is 14.0. The quantitative estimate of drug-likeness (QED) is 0.128. The van der Waals surface area contributed by atoms with Crippen molar-refractivity contribution in [1.82, 2.24) is 0 Å². The van der Waals surface area contributed by atoms with E-state index in [9.17, 15) is 9.59 Å². The molecular formula is C28H52O6. The Bertz CT molecular complexity index is 537. The van der Waals surface area contributed by atoms with Crippen molar-refractivity contribution in [2.45, 2.75) is 142 Å². The van der Waals surface area contributed by atoms with Crippen LogP contribution >= 0.6 is 0 Å². The maximum atomic E-state index is 12.2. The maximum absolute atomic E-state index is 12.2. The van der Waals surface area contributed by atoms with Crippen LogP contribution < -0.4 is 0 Å². The van der Waals surface area contributed by atoms with Crippen LogP contribution in [-0.2, 0) is 28.5 Å². The summed E-state index contributed by atoms with van der Waals surface area (Å²) in [5.74, 6) is -0.774. The molecule has 1 rings (SSSR count). The Morgan fingerprint density at radius 1 is 0.853 bits per heavy atom. The molecule has 1 aliphatic heterocycles. The normalized spacial score (nSPS) is 20.9. The number of ether oxygens (including phenoxy) is 4. The lowest BCUT2D eigenvalue weighted by Gasteiger charge is -2.23. The van der Waals surface area contributed by atoms with Crippen molar-refractivity contribution in [2.24, 2.45) is 5.92 Å². The molecule has 0 aromatic heterocycles. The van der Waals surface area contributed by atoms with E-state index in [1.165, 1.54) is 51.4 Å². The minimum Gasteiger partial charge on any atom is -0.465 e. The molecule has 0 saturated carbocycles. The van der Waals surface area contributed by atoms with E-state index >= 15 is 0 Å². The SMILES string of the molecule is CCCCCCCCCCCC(=O)OCC1COC(C)(CCC(=O)OCC(CC)CCCC)O1. The highest BCUT2D eigenvalue weighted by atomic mass is 16.7. The van der Waals surface area contributed by atoms with E-state index in [4.69, 9.17) is 18.9 Å². The van der Waals surface area contributed by atoms with Crippen LogP contribution in [0.15, 0.2) is 0 Å². The van der Waals surface area contributed by atoms with E-state index in [0.717, 1.165) is 32.1 Å². The van der Waals surface area contributed by atoms with Crippen molar-refractivity contribution in [3.8, 4) is 0 Å². The number of unbranched alkanes of at least 4 members (excludes halogenated alkanes) is 9. The average molecular weight is 485 g/mol. The van der Waals surface area contributed by atoms with Crippen molar-refractivity contribution in [2.75, 3.05) is 19.8 Å². The summed E-state index contributed by atoms with van der Waals surface area (Å²) in [6.07, 6.45) is 16.3. The number of carbonyl (C=O) groups excluding carboxylic acids is 2. The third kappa shape index (κ3) is 15.0. The second kappa shape index (κ2) is 19.1. The van der Waals surface area contributed by atoms with Crippen LogP contribution in [0.1, 0.15) is 130 Å². The molecular weight excluding hydrogens is 432 g/mol. The lowest BCUT2D eigenvalue weighted by atomic mass is 10.0. The van der Waals surface area contributed by atoms with Gasteiger partial charge in [-0.15, -0.1) is 0 Å². The van der Waals surface area contributed by atoms with E-state index in [1.807, 2.05) is 6.92 Å². The third-order valence-electron chi connectivity index (χ3n) is 6.71. The van der Waals surface area contributed by atoms with Crippen LogP contribution in [-0.4, -0.2) is 43.7 Å². The Balaban J connectivity index is 2.10. The molecule has 200 valence electrons. The second-order valence-electron chi connectivity index (χ2n) is 10.0. The predicted octanol–water partition coefficient (Wildman–Crippen LogP) is 7.12. The molecule has 1 fully saturated rings. The van der Waals surface area contributed by atoms with E-state index in [-0.39, 0.29) is 31.1 Å². The summed E-state index contributed by atoms with van der Waals surface area (Å²) in [7, 11) is 0. The van der Waals surface area contributed by atoms with Crippen LogP contribution in [0.4, 0.5) is 0 Å². The van der Waals surface area contributed by atoms with Crippen LogP contribution in [0.2, 0.25) is 0 Å². The Morgan fingerprint density at radius 3 is 2.12 bits per heavy atom. The summed E-state index contributed by atoms with van der Waals surface area (Å²) in [6, 6.07) is 0. The van der Waals surface area contributed by atoms with Crippen LogP contribution in [0, 0.1) is 5.92 Å². The number of hydrogen-bond donors (Lipinski definition) is 0. The predicted molar refractivity (Wildman–Crippen MR) is 136 cm³/mol. The molecule has 1 saturated heterocycles. The first-order chi connectivity index (χ1) is 16.4. The maximum Gasteiger partial charge on any atom is 0.305 e. The fraction of sp³-hybridized carbons (Fsp3) is 0.929. The monoisotopic (exact) mass is 484 g/mol. The van der Waals surface area contributed by atoms with Crippen molar-refractivity contribution in [1.29, 1.82) is 0 Å². The number of carbonyl (C=O) groups is 2. The molecule has 0 aromatic carbocycles. The summed E-state index contributed by atoms with van der Waals surface area (Å²) in [5.41, 5.74) is 0. The van der Waals surface area contributed by atoms with Gasteiger partial charge >= 0.3 is 11.9 Å². The smallest absolute Gasteiger partial charge is 0.305 e.